The van der Waals surface area contributed by atoms with E-state index in [4.69, 9.17) is 4.74 Å². The average molecular weight is 482 g/mol. The van der Waals surface area contributed by atoms with Crippen LogP contribution in [0.4, 0.5) is 0 Å². The van der Waals surface area contributed by atoms with E-state index in [1.54, 1.807) is 24.3 Å². The summed E-state index contributed by atoms with van der Waals surface area (Å²) in [7, 11) is -3.03. The third kappa shape index (κ3) is 6.64. The van der Waals surface area contributed by atoms with Gasteiger partial charge in [-0.15, -0.1) is 0 Å². The third-order valence-corrected chi connectivity index (χ3v) is 7.15. The van der Waals surface area contributed by atoms with Gasteiger partial charge in [0.1, 0.15) is 24.7 Å². The number of sulfone groups is 1. The molecule has 8 heteroatoms. The first kappa shape index (κ1) is 22.0. The minimum atomic E-state index is -3.03. The quantitative estimate of drug-likeness (QED) is 0.554. The molecule has 0 spiro atoms. The highest BCUT2D eigenvalue weighted by Gasteiger charge is 2.33. The Morgan fingerprint density at radius 2 is 2.00 bits per heavy atom. The molecule has 1 N–H and O–H groups in total. The van der Waals surface area contributed by atoms with Crippen molar-refractivity contribution in [1.29, 1.82) is 0 Å². The molecule has 1 heterocycles. The maximum atomic E-state index is 12.0. The molecule has 29 heavy (non-hydrogen) atoms. The number of halogens is 1. The van der Waals surface area contributed by atoms with Crippen molar-refractivity contribution in [3.8, 4) is 5.75 Å². The SMILES string of the molecule is O=Cc1ccc(OCC(O)CN(Cc2cccc(Br)c2)C2CCS(=O)(=O)C2)cc1. The van der Waals surface area contributed by atoms with Gasteiger partial charge < -0.3 is 9.84 Å². The molecule has 0 radical (unpaired) electrons. The van der Waals surface area contributed by atoms with Gasteiger partial charge in [0, 0.05) is 29.2 Å². The minimum Gasteiger partial charge on any atom is -0.491 e. The van der Waals surface area contributed by atoms with Crippen LogP contribution in [0.15, 0.2) is 53.0 Å². The fourth-order valence-corrected chi connectivity index (χ4v) is 5.64. The molecule has 3 rings (SSSR count). The van der Waals surface area contributed by atoms with Crippen LogP contribution in [-0.2, 0) is 16.4 Å². The van der Waals surface area contributed by atoms with E-state index in [1.165, 1.54) is 0 Å². The number of benzene rings is 2. The van der Waals surface area contributed by atoms with Crippen LogP contribution in [0.2, 0.25) is 0 Å². The summed E-state index contributed by atoms with van der Waals surface area (Å²) >= 11 is 3.46. The Morgan fingerprint density at radius 1 is 1.24 bits per heavy atom. The molecule has 2 aromatic rings. The molecule has 0 amide bonds. The molecule has 0 bridgehead atoms. The lowest BCUT2D eigenvalue weighted by molar-refractivity contribution is 0.0524. The standard InChI is InChI=1S/C21H24BrNO5S/c22-18-3-1-2-17(10-18)11-23(19-8-9-29(26,27)15-19)12-20(25)14-28-21-6-4-16(13-24)5-7-21/h1-7,10,13,19-20,25H,8-9,11-12,14-15H2. The number of carbonyl (C=O) groups excluding carboxylic acids is 1. The van der Waals surface area contributed by atoms with Crippen LogP contribution in [-0.4, -0.2) is 61.5 Å². The van der Waals surface area contributed by atoms with Crippen LogP contribution in [0.1, 0.15) is 22.3 Å². The fraction of sp³-hybridized carbons (Fsp3) is 0.381. The molecule has 2 atom stereocenters. The van der Waals surface area contributed by atoms with Gasteiger partial charge >= 0.3 is 0 Å². The Bertz CT molecular complexity index is 932. The predicted molar refractivity (Wildman–Crippen MR) is 115 cm³/mol. The van der Waals surface area contributed by atoms with E-state index >= 15 is 0 Å². The van der Waals surface area contributed by atoms with Crippen LogP contribution >= 0.6 is 15.9 Å². The van der Waals surface area contributed by atoms with Gasteiger partial charge in [-0.1, -0.05) is 28.1 Å². The first-order chi connectivity index (χ1) is 13.8. The topological polar surface area (TPSA) is 83.9 Å². The molecule has 1 aliphatic heterocycles. The Balaban J connectivity index is 1.64. The van der Waals surface area contributed by atoms with Crippen molar-refractivity contribution >= 4 is 32.1 Å². The normalized spacial score (nSPS) is 19.2. The predicted octanol–water partition coefficient (Wildman–Crippen LogP) is 2.69. The Labute approximate surface area is 179 Å². The number of ether oxygens (including phenoxy) is 1. The summed E-state index contributed by atoms with van der Waals surface area (Å²) in [4.78, 5) is 12.7. The van der Waals surface area contributed by atoms with E-state index in [-0.39, 0.29) is 24.2 Å². The number of carbonyl (C=O) groups is 1. The lowest BCUT2D eigenvalue weighted by Gasteiger charge is -2.30. The summed E-state index contributed by atoms with van der Waals surface area (Å²) in [5.41, 5.74) is 1.60. The Morgan fingerprint density at radius 3 is 2.62 bits per heavy atom. The summed E-state index contributed by atoms with van der Waals surface area (Å²) in [5.74, 6) is 0.862. The molecule has 2 aromatic carbocycles. The zero-order chi connectivity index (χ0) is 20.9. The maximum absolute atomic E-state index is 12.0. The summed E-state index contributed by atoms with van der Waals surface area (Å²) in [6.07, 6.45) is 0.543. The number of aliphatic hydroxyl groups is 1. The molecule has 156 valence electrons. The summed E-state index contributed by atoms with van der Waals surface area (Å²) in [6.45, 7) is 0.929. The van der Waals surface area contributed by atoms with Crippen LogP contribution < -0.4 is 4.74 Å². The van der Waals surface area contributed by atoms with Gasteiger partial charge in [-0.05, 0) is 48.4 Å². The third-order valence-electron chi connectivity index (χ3n) is 4.90. The second-order valence-corrected chi connectivity index (χ2v) is 10.4. The van der Waals surface area contributed by atoms with E-state index in [2.05, 4.69) is 15.9 Å². The number of nitrogens with zero attached hydrogens (tertiary/aromatic N) is 1. The Kier molecular flexibility index (Phi) is 7.45. The summed E-state index contributed by atoms with van der Waals surface area (Å²) in [5, 5.41) is 10.5. The van der Waals surface area contributed by atoms with Crippen molar-refractivity contribution in [3.63, 3.8) is 0 Å². The van der Waals surface area contributed by atoms with Gasteiger partial charge in [0.2, 0.25) is 0 Å². The van der Waals surface area contributed by atoms with Crippen LogP contribution in [0.5, 0.6) is 5.75 Å². The minimum absolute atomic E-state index is 0.0783. The van der Waals surface area contributed by atoms with Gasteiger partial charge in [-0.3, -0.25) is 9.69 Å². The monoisotopic (exact) mass is 481 g/mol. The number of aldehydes is 1. The number of hydrogen-bond donors (Lipinski definition) is 1. The largest absolute Gasteiger partial charge is 0.491 e. The first-order valence-electron chi connectivity index (χ1n) is 9.39. The van der Waals surface area contributed by atoms with Crippen LogP contribution in [0, 0.1) is 0 Å². The molecular weight excluding hydrogens is 458 g/mol. The molecule has 1 fully saturated rings. The van der Waals surface area contributed by atoms with Gasteiger partial charge in [0.15, 0.2) is 9.84 Å². The van der Waals surface area contributed by atoms with Crippen molar-refractivity contribution < 1.29 is 23.1 Å². The van der Waals surface area contributed by atoms with Crippen molar-refractivity contribution in [2.75, 3.05) is 24.7 Å². The maximum Gasteiger partial charge on any atom is 0.151 e. The van der Waals surface area contributed by atoms with Crippen molar-refractivity contribution in [1.82, 2.24) is 4.90 Å². The van der Waals surface area contributed by atoms with Gasteiger partial charge in [0.25, 0.3) is 0 Å². The average Bonchev–Trinajstić information content (AvgIpc) is 3.06. The van der Waals surface area contributed by atoms with Gasteiger partial charge in [0.05, 0.1) is 11.5 Å². The van der Waals surface area contributed by atoms with Gasteiger partial charge in [-0.2, -0.15) is 0 Å². The Hall–Kier alpha value is -1.74. The molecule has 0 aromatic heterocycles. The summed E-state index contributed by atoms with van der Waals surface area (Å²) in [6, 6.07) is 14.4. The molecule has 2 unspecified atom stereocenters. The lowest BCUT2D eigenvalue weighted by atomic mass is 10.1. The van der Waals surface area contributed by atoms with E-state index in [0.717, 1.165) is 16.3 Å². The smallest absolute Gasteiger partial charge is 0.151 e. The van der Waals surface area contributed by atoms with Crippen LogP contribution in [0.25, 0.3) is 0 Å². The van der Waals surface area contributed by atoms with E-state index in [9.17, 15) is 18.3 Å². The number of hydrogen-bond acceptors (Lipinski definition) is 6. The molecule has 0 aliphatic carbocycles. The molecule has 1 saturated heterocycles. The van der Waals surface area contributed by atoms with E-state index < -0.39 is 15.9 Å². The highest BCUT2D eigenvalue weighted by Crippen LogP contribution is 2.22. The molecule has 0 saturated carbocycles. The zero-order valence-electron chi connectivity index (χ0n) is 15.9. The highest BCUT2D eigenvalue weighted by molar-refractivity contribution is 9.10. The highest BCUT2D eigenvalue weighted by atomic mass is 79.9. The van der Waals surface area contributed by atoms with Crippen LogP contribution in [0.3, 0.4) is 0 Å². The number of aliphatic hydroxyl groups excluding tert-OH is 1. The zero-order valence-corrected chi connectivity index (χ0v) is 18.3. The second-order valence-electron chi connectivity index (χ2n) is 7.27. The first-order valence-corrected chi connectivity index (χ1v) is 12.0. The number of rotatable bonds is 9. The van der Waals surface area contributed by atoms with E-state index in [0.29, 0.717) is 30.8 Å². The molecule has 1 aliphatic rings. The fourth-order valence-electron chi connectivity index (χ4n) is 3.43. The van der Waals surface area contributed by atoms with Gasteiger partial charge in [-0.25, -0.2) is 8.42 Å². The molecular formula is C21H24BrNO5S. The second kappa shape index (κ2) is 9.84. The summed E-state index contributed by atoms with van der Waals surface area (Å²) < 4.78 is 30.5. The van der Waals surface area contributed by atoms with Crippen molar-refractivity contribution in [2.24, 2.45) is 0 Å². The van der Waals surface area contributed by atoms with Crippen molar-refractivity contribution in [3.05, 3.63) is 64.1 Å². The molecule has 6 nitrogen and oxygen atoms in total. The van der Waals surface area contributed by atoms with Crippen molar-refractivity contribution in [2.45, 2.75) is 25.1 Å². The van der Waals surface area contributed by atoms with E-state index in [1.807, 2.05) is 29.2 Å². The lowest BCUT2D eigenvalue weighted by Crippen LogP contribution is -2.42.